The van der Waals surface area contributed by atoms with E-state index in [4.69, 9.17) is 0 Å². The molecule has 1 aromatic carbocycles. The zero-order chi connectivity index (χ0) is 11.9. The number of benzene rings is 1. The highest BCUT2D eigenvalue weighted by Gasteiger charge is 2.30. The van der Waals surface area contributed by atoms with Crippen LogP contribution in [0, 0.1) is 20.8 Å². The number of carbonyl (C=O) groups is 1. The number of hydrogen-bond acceptors (Lipinski definition) is 1. The summed E-state index contributed by atoms with van der Waals surface area (Å²) in [4.78, 5) is 14.1. The number of rotatable bonds is 1. The first-order valence-corrected chi connectivity index (χ1v) is 6.43. The van der Waals surface area contributed by atoms with E-state index in [0.717, 1.165) is 12.2 Å². The van der Waals surface area contributed by atoms with Crippen LogP contribution >= 0.6 is 15.9 Å². The summed E-state index contributed by atoms with van der Waals surface area (Å²) in [6.45, 7) is 7.01. The van der Waals surface area contributed by atoms with Gasteiger partial charge < -0.3 is 4.90 Å². The molecule has 1 aromatic rings. The Morgan fingerprint density at radius 1 is 1.25 bits per heavy atom. The van der Waals surface area contributed by atoms with E-state index in [9.17, 15) is 4.79 Å². The molecule has 0 radical (unpaired) electrons. The third-order valence-electron chi connectivity index (χ3n) is 2.98. The maximum Gasteiger partial charge on any atom is 0.228 e. The van der Waals surface area contributed by atoms with Crippen molar-refractivity contribution in [2.75, 3.05) is 11.4 Å². The summed E-state index contributed by atoms with van der Waals surface area (Å²) >= 11 is 3.52. The SMILES string of the molecule is Cc1cc(C)c(N2CC(Br)CC2=O)c(C)c1. The number of nitrogens with zero attached hydrogens (tertiary/aromatic N) is 1. The summed E-state index contributed by atoms with van der Waals surface area (Å²) in [5.74, 6) is 0.219. The van der Waals surface area contributed by atoms with Gasteiger partial charge in [-0.2, -0.15) is 0 Å². The van der Waals surface area contributed by atoms with Gasteiger partial charge in [0.25, 0.3) is 0 Å². The average Bonchev–Trinajstić information content (AvgIpc) is 2.43. The lowest BCUT2D eigenvalue weighted by Crippen LogP contribution is -2.26. The fourth-order valence-electron chi connectivity index (χ4n) is 2.48. The van der Waals surface area contributed by atoms with E-state index < -0.39 is 0 Å². The number of carbonyl (C=O) groups excluding carboxylic acids is 1. The second-order valence-electron chi connectivity index (χ2n) is 4.55. The smallest absolute Gasteiger partial charge is 0.228 e. The first-order valence-electron chi connectivity index (χ1n) is 5.51. The topological polar surface area (TPSA) is 20.3 Å². The molecule has 0 aliphatic carbocycles. The molecular formula is C13H16BrNO. The number of aryl methyl sites for hydroxylation is 3. The van der Waals surface area contributed by atoms with Crippen LogP contribution in [0.4, 0.5) is 5.69 Å². The molecule has 1 aliphatic heterocycles. The molecule has 0 bridgehead atoms. The first kappa shape index (κ1) is 11.6. The molecule has 1 saturated heterocycles. The van der Waals surface area contributed by atoms with Crippen LogP contribution in [0.25, 0.3) is 0 Å². The highest BCUT2D eigenvalue weighted by Crippen LogP contribution is 2.31. The molecule has 0 saturated carbocycles. The van der Waals surface area contributed by atoms with Gasteiger partial charge in [-0.1, -0.05) is 33.6 Å². The van der Waals surface area contributed by atoms with Gasteiger partial charge in [0.2, 0.25) is 5.91 Å². The molecule has 3 heteroatoms. The summed E-state index contributed by atoms with van der Waals surface area (Å²) in [5.41, 5.74) is 4.72. The number of amides is 1. The Morgan fingerprint density at radius 2 is 1.81 bits per heavy atom. The molecule has 1 fully saturated rings. The van der Waals surface area contributed by atoms with Crippen molar-refractivity contribution in [2.24, 2.45) is 0 Å². The zero-order valence-corrected chi connectivity index (χ0v) is 11.5. The zero-order valence-electron chi connectivity index (χ0n) is 9.88. The van der Waals surface area contributed by atoms with Gasteiger partial charge in [-0.05, 0) is 31.9 Å². The van der Waals surface area contributed by atoms with E-state index in [1.165, 1.54) is 16.7 Å². The number of anilines is 1. The monoisotopic (exact) mass is 281 g/mol. The van der Waals surface area contributed by atoms with Gasteiger partial charge in [0.05, 0.1) is 0 Å². The van der Waals surface area contributed by atoms with Gasteiger partial charge in [0, 0.05) is 23.5 Å². The summed E-state index contributed by atoms with van der Waals surface area (Å²) in [5, 5.41) is 0. The Balaban J connectivity index is 2.44. The van der Waals surface area contributed by atoms with Crippen molar-refractivity contribution in [1.29, 1.82) is 0 Å². The summed E-state index contributed by atoms with van der Waals surface area (Å²) in [6.07, 6.45) is 0.604. The predicted octanol–water partition coefficient (Wildman–Crippen LogP) is 3.11. The maximum absolute atomic E-state index is 11.9. The minimum Gasteiger partial charge on any atom is -0.311 e. The lowest BCUT2D eigenvalue weighted by molar-refractivity contribution is -0.117. The summed E-state index contributed by atoms with van der Waals surface area (Å²) < 4.78 is 0. The van der Waals surface area contributed by atoms with E-state index in [1.54, 1.807) is 0 Å². The van der Waals surface area contributed by atoms with E-state index in [1.807, 2.05) is 4.90 Å². The molecule has 1 heterocycles. The molecule has 0 aromatic heterocycles. The second kappa shape index (κ2) is 4.21. The van der Waals surface area contributed by atoms with Crippen LogP contribution in [-0.2, 0) is 4.79 Å². The van der Waals surface area contributed by atoms with E-state index >= 15 is 0 Å². The summed E-state index contributed by atoms with van der Waals surface area (Å²) in [6, 6.07) is 4.27. The van der Waals surface area contributed by atoms with Gasteiger partial charge in [0.1, 0.15) is 0 Å². The van der Waals surface area contributed by atoms with Crippen molar-refractivity contribution in [1.82, 2.24) is 0 Å². The molecule has 1 aliphatic rings. The predicted molar refractivity (Wildman–Crippen MR) is 70.3 cm³/mol. The number of alkyl halides is 1. The van der Waals surface area contributed by atoms with Crippen molar-refractivity contribution in [3.63, 3.8) is 0 Å². The van der Waals surface area contributed by atoms with Crippen LogP contribution in [0.1, 0.15) is 23.1 Å². The van der Waals surface area contributed by atoms with Crippen molar-refractivity contribution in [2.45, 2.75) is 32.0 Å². The molecule has 2 nitrogen and oxygen atoms in total. The van der Waals surface area contributed by atoms with E-state index in [-0.39, 0.29) is 5.91 Å². The highest BCUT2D eigenvalue weighted by atomic mass is 79.9. The summed E-state index contributed by atoms with van der Waals surface area (Å²) in [7, 11) is 0. The molecule has 1 unspecified atom stereocenters. The van der Waals surface area contributed by atoms with Gasteiger partial charge in [-0.15, -0.1) is 0 Å². The Kier molecular flexibility index (Phi) is 3.06. The van der Waals surface area contributed by atoms with E-state index in [2.05, 4.69) is 48.8 Å². The van der Waals surface area contributed by atoms with Crippen molar-refractivity contribution in [3.05, 3.63) is 28.8 Å². The first-order chi connectivity index (χ1) is 7.49. The van der Waals surface area contributed by atoms with Crippen LogP contribution in [0.2, 0.25) is 0 Å². The lowest BCUT2D eigenvalue weighted by atomic mass is 10.0. The van der Waals surface area contributed by atoms with Crippen molar-refractivity contribution >= 4 is 27.5 Å². The molecule has 0 spiro atoms. The van der Waals surface area contributed by atoms with E-state index in [0.29, 0.717) is 11.2 Å². The molecule has 16 heavy (non-hydrogen) atoms. The fourth-order valence-corrected chi connectivity index (χ4v) is 3.04. The Bertz CT molecular complexity index is 419. The van der Waals surface area contributed by atoms with Gasteiger partial charge in [0.15, 0.2) is 0 Å². The maximum atomic E-state index is 11.9. The van der Waals surface area contributed by atoms with Crippen LogP contribution in [0.3, 0.4) is 0 Å². The largest absolute Gasteiger partial charge is 0.311 e. The van der Waals surface area contributed by atoms with Crippen molar-refractivity contribution in [3.8, 4) is 0 Å². The van der Waals surface area contributed by atoms with Gasteiger partial charge >= 0.3 is 0 Å². The van der Waals surface area contributed by atoms with Gasteiger partial charge in [-0.25, -0.2) is 0 Å². The van der Waals surface area contributed by atoms with Crippen molar-refractivity contribution < 1.29 is 4.79 Å². The lowest BCUT2D eigenvalue weighted by Gasteiger charge is -2.21. The molecule has 86 valence electrons. The minimum absolute atomic E-state index is 0.219. The van der Waals surface area contributed by atoms with Crippen LogP contribution in [0.15, 0.2) is 12.1 Å². The Morgan fingerprint density at radius 3 is 2.25 bits per heavy atom. The second-order valence-corrected chi connectivity index (χ2v) is 5.85. The third kappa shape index (κ3) is 2.01. The standard InChI is InChI=1S/C13H16BrNO/c1-8-4-9(2)13(10(3)5-8)15-7-11(14)6-12(15)16/h4-5,11H,6-7H2,1-3H3. The molecule has 1 amide bonds. The quantitative estimate of drug-likeness (QED) is 0.725. The molecule has 1 atom stereocenters. The van der Waals surface area contributed by atoms with Crippen LogP contribution in [0.5, 0.6) is 0 Å². The number of hydrogen-bond donors (Lipinski definition) is 0. The fraction of sp³-hybridized carbons (Fsp3) is 0.462. The minimum atomic E-state index is 0.219. The normalized spacial score (nSPS) is 20.6. The van der Waals surface area contributed by atoms with Crippen LogP contribution in [-0.4, -0.2) is 17.3 Å². The molecular weight excluding hydrogens is 266 g/mol. The molecule has 0 N–H and O–H groups in total. The average molecular weight is 282 g/mol. The highest BCUT2D eigenvalue weighted by molar-refractivity contribution is 9.09. The Labute approximate surface area is 105 Å². The third-order valence-corrected chi connectivity index (χ3v) is 3.60. The molecule has 2 rings (SSSR count). The number of halogens is 1. The van der Waals surface area contributed by atoms with Crippen LogP contribution < -0.4 is 4.90 Å². The Hall–Kier alpha value is -0.830. The van der Waals surface area contributed by atoms with Gasteiger partial charge in [-0.3, -0.25) is 4.79 Å².